The highest BCUT2D eigenvalue weighted by atomic mass is 16.2. The number of carbonyl (C=O) groups is 2. The fourth-order valence-corrected chi connectivity index (χ4v) is 8.05. The lowest BCUT2D eigenvalue weighted by Gasteiger charge is -2.57. The first-order valence-electron chi connectivity index (χ1n) is 10.6. The van der Waals surface area contributed by atoms with E-state index in [0.717, 1.165) is 49.2 Å². The minimum atomic E-state index is 0.197. The molecule has 4 fully saturated rings. The Hall–Kier alpha value is -0.860. The Labute approximate surface area is 152 Å². The maximum absolute atomic E-state index is 12.1. The average molecular weight is 346 g/mol. The average Bonchev–Trinajstić information content (AvgIpc) is 3.07. The van der Waals surface area contributed by atoms with Crippen LogP contribution in [0.1, 0.15) is 78.6 Å². The molecule has 3 heteroatoms. The van der Waals surface area contributed by atoms with Crippen LogP contribution in [0.25, 0.3) is 0 Å². The van der Waals surface area contributed by atoms with Crippen molar-refractivity contribution in [3.05, 3.63) is 0 Å². The minimum absolute atomic E-state index is 0.197. The normalized spacial score (nSPS) is 49.7. The molecule has 3 nitrogen and oxygen atoms in total. The molecule has 4 rings (SSSR count). The Bertz CT molecular complexity index is 560. The van der Waals surface area contributed by atoms with Crippen molar-refractivity contribution in [1.82, 2.24) is 5.32 Å². The molecule has 0 aromatic heterocycles. The summed E-state index contributed by atoms with van der Waals surface area (Å²) in [5.41, 5.74) is 0.658. The summed E-state index contributed by atoms with van der Waals surface area (Å²) in [7, 11) is 0. The van der Waals surface area contributed by atoms with Gasteiger partial charge in [0.15, 0.2) is 0 Å². The van der Waals surface area contributed by atoms with Crippen LogP contribution in [-0.2, 0) is 9.59 Å². The van der Waals surface area contributed by atoms with Crippen molar-refractivity contribution in [2.75, 3.05) is 0 Å². The van der Waals surface area contributed by atoms with E-state index in [1.165, 1.54) is 38.5 Å². The van der Waals surface area contributed by atoms with Crippen LogP contribution in [-0.4, -0.2) is 18.2 Å². The van der Waals surface area contributed by atoms with Gasteiger partial charge >= 0.3 is 0 Å². The van der Waals surface area contributed by atoms with Gasteiger partial charge in [-0.3, -0.25) is 4.79 Å². The molecule has 8 atom stereocenters. The van der Waals surface area contributed by atoms with Crippen molar-refractivity contribution in [2.45, 2.75) is 84.6 Å². The van der Waals surface area contributed by atoms with Crippen molar-refractivity contribution in [3.8, 4) is 0 Å². The first-order valence-corrected chi connectivity index (χ1v) is 10.6. The predicted octanol–water partition coefficient (Wildman–Crippen LogP) is 4.35. The largest absolute Gasteiger partial charge is 0.353 e. The number of hydrogen-bond donors (Lipinski definition) is 1. The number of hydrogen-bond acceptors (Lipinski definition) is 2. The molecular weight excluding hydrogens is 310 g/mol. The van der Waals surface area contributed by atoms with Crippen LogP contribution in [0.3, 0.4) is 0 Å². The molecule has 0 aromatic rings. The van der Waals surface area contributed by atoms with Gasteiger partial charge in [-0.05, 0) is 85.4 Å². The van der Waals surface area contributed by atoms with Crippen LogP contribution in [0.4, 0.5) is 0 Å². The molecule has 1 N–H and O–H groups in total. The first-order chi connectivity index (χ1) is 11.9. The Balaban J connectivity index is 1.55. The predicted molar refractivity (Wildman–Crippen MR) is 98.9 cm³/mol. The lowest BCUT2D eigenvalue weighted by atomic mass is 9.48. The highest BCUT2D eigenvalue weighted by Gasteiger charge is 2.61. The summed E-state index contributed by atoms with van der Waals surface area (Å²) in [5.74, 6) is 4.12. The van der Waals surface area contributed by atoms with E-state index in [1.54, 1.807) is 0 Å². The maximum atomic E-state index is 12.1. The zero-order valence-electron chi connectivity index (χ0n) is 16.2. The highest BCUT2D eigenvalue weighted by Crippen LogP contribution is 2.66. The molecular formula is C22H35NO2. The molecule has 0 aromatic carbocycles. The molecule has 1 amide bonds. The van der Waals surface area contributed by atoms with Crippen LogP contribution in [0.15, 0.2) is 0 Å². The molecule has 4 aliphatic rings. The first kappa shape index (κ1) is 17.5. The van der Waals surface area contributed by atoms with Crippen molar-refractivity contribution >= 4 is 12.2 Å². The molecule has 3 saturated carbocycles. The van der Waals surface area contributed by atoms with Gasteiger partial charge in [0.05, 0.1) is 0 Å². The molecule has 1 saturated heterocycles. The highest BCUT2D eigenvalue weighted by molar-refractivity contribution is 5.80. The molecule has 140 valence electrons. The number of nitrogens with one attached hydrogen (secondary N) is 1. The second kappa shape index (κ2) is 6.09. The summed E-state index contributed by atoms with van der Waals surface area (Å²) in [6.07, 6.45) is 11.5. The van der Waals surface area contributed by atoms with Crippen molar-refractivity contribution in [1.29, 1.82) is 0 Å². The van der Waals surface area contributed by atoms with Crippen molar-refractivity contribution < 1.29 is 9.59 Å². The summed E-state index contributed by atoms with van der Waals surface area (Å²) >= 11 is 0. The molecule has 3 aliphatic carbocycles. The maximum Gasteiger partial charge on any atom is 0.220 e. The molecule has 0 spiro atoms. The smallest absolute Gasteiger partial charge is 0.220 e. The summed E-state index contributed by atoms with van der Waals surface area (Å²) < 4.78 is 0. The van der Waals surface area contributed by atoms with Gasteiger partial charge in [-0.1, -0.05) is 20.8 Å². The van der Waals surface area contributed by atoms with Gasteiger partial charge in [0, 0.05) is 18.9 Å². The van der Waals surface area contributed by atoms with E-state index >= 15 is 0 Å². The number of amides is 1. The molecule has 1 heterocycles. The van der Waals surface area contributed by atoms with E-state index in [2.05, 4.69) is 26.1 Å². The topological polar surface area (TPSA) is 46.2 Å². The summed E-state index contributed by atoms with van der Waals surface area (Å²) in [6, 6.07) is 0.425. The number of aldehydes is 1. The lowest BCUT2D eigenvalue weighted by Crippen LogP contribution is -2.54. The Morgan fingerprint density at radius 1 is 1.12 bits per heavy atom. The van der Waals surface area contributed by atoms with Gasteiger partial charge < -0.3 is 10.1 Å². The van der Waals surface area contributed by atoms with E-state index in [4.69, 9.17) is 0 Å². The van der Waals surface area contributed by atoms with Gasteiger partial charge in [0.25, 0.3) is 0 Å². The summed E-state index contributed by atoms with van der Waals surface area (Å²) in [5, 5.41) is 3.28. The van der Waals surface area contributed by atoms with E-state index < -0.39 is 0 Å². The summed E-state index contributed by atoms with van der Waals surface area (Å²) in [6.45, 7) is 7.34. The molecule has 0 bridgehead atoms. The Morgan fingerprint density at radius 2 is 1.88 bits per heavy atom. The van der Waals surface area contributed by atoms with Crippen LogP contribution >= 0.6 is 0 Å². The minimum Gasteiger partial charge on any atom is -0.353 e. The van der Waals surface area contributed by atoms with E-state index in [1.807, 2.05) is 0 Å². The second-order valence-corrected chi connectivity index (χ2v) is 10.2. The SMILES string of the molecule is C[C@H](CCC=O)[C@H]1CC[C@H]2[C@@H]3CC[C@H]4NC(=O)C[C@]4(C)[C@H]3CC[C@]12C. The third kappa shape index (κ3) is 2.51. The fraction of sp³-hybridized carbons (Fsp3) is 0.909. The zero-order valence-corrected chi connectivity index (χ0v) is 16.2. The molecule has 0 unspecified atom stereocenters. The number of fused-ring (bicyclic) bond motifs is 5. The van der Waals surface area contributed by atoms with Crippen LogP contribution in [0, 0.1) is 40.4 Å². The second-order valence-electron chi connectivity index (χ2n) is 10.2. The summed E-state index contributed by atoms with van der Waals surface area (Å²) in [4.78, 5) is 22.9. The van der Waals surface area contributed by atoms with Crippen LogP contribution in [0.5, 0.6) is 0 Å². The van der Waals surface area contributed by atoms with Crippen molar-refractivity contribution in [3.63, 3.8) is 0 Å². The third-order valence-corrected chi connectivity index (χ3v) is 9.25. The van der Waals surface area contributed by atoms with Gasteiger partial charge in [-0.15, -0.1) is 0 Å². The molecule has 0 radical (unpaired) electrons. The molecule has 1 aliphatic heterocycles. The third-order valence-electron chi connectivity index (χ3n) is 9.25. The van der Waals surface area contributed by atoms with Crippen LogP contribution in [0.2, 0.25) is 0 Å². The Morgan fingerprint density at radius 3 is 2.64 bits per heavy atom. The van der Waals surface area contributed by atoms with E-state index in [9.17, 15) is 9.59 Å². The zero-order chi connectivity index (χ0) is 17.8. The van der Waals surface area contributed by atoms with Gasteiger partial charge in [-0.25, -0.2) is 0 Å². The van der Waals surface area contributed by atoms with Gasteiger partial charge in [0.2, 0.25) is 5.91 Å². The molecule has 25 heavy (non-hydrogen) atoms. The van der Waals surface area contributed by atoms with Gasteiger partial charge in [-0.2, -0.15) is 0 Å². The monoisotopic (exact) mass is 345 g/mol. The number of carbonyl (C=O) groups excluding carboxylic acids is 2. The van der Waals surface area contributed by atoms with Gasteiger partial charge in [0.1, 0.15) is 6.29 Å². The van der Waals surface area contributed by atoms with Crippen molar-refractivity contribution in [2.24, 2.45) is 40.4 Å². The van der Waals surface area contributed by atoms with Crippen LogP contribution < -0.4 is 5.32 Å². The Kier molecular flexibility index (Phi) is 4.28. The fourth-order valence-electron chi connectivity index (χ4n) is 8.05. The lowest BCUT2D eigenvalue weighted by molar-refractivity contribution is -0.120. The quantitative estimate of drug-likeness (QED) is 0.770. The number of rotatable bonds is 4. The standard InChI is InChI=1S/C22H35NO2/c1-14(5-4-12-24)16-7-8-17-15-6-9-19-22(3,13-20(25)23-19)18(15)10-11-21(16,17)2/h12,14-19H,4-11,13H2,1-3H3,(H,23,25)/t14-,15+,16-,17+,18+,19-,21-,22-/m1/s1. The van der Waals surface area contributed by atoms with E-state index in [-0.39, 0.29) is 11.3 Å². The van der Waals surface area contributed by atoms with E-state index in [0.29, 0.717) is 17.4 Å².